The van der Waals surface area contributed by atoms with Crippen LogP contribution in [-0.4, -0.2) is 35.9 Å². The lowest BCUT2D eigenvalue weighted by molar-refractivity contribution is -0.140. The Kier molecular flexibility index (Phi) is 6.36. The number of benzene rings is 3. The Bertz CT molecular complexity index is 1300. The number of likely N-dealkylation sites (tertiary alicyclic amines) is 1. The van der Waals surface area contributed by atoms with E-state index >= 15 is 0 Å². The molecule has 4 rings (SSSR count). The van der Waals surface area contributed by atoms with Crippen molar-refractivity contribution in [1.82, 2.24) is 4.90 Å². The van der Waals surface area contributed by atoms with Crippen LogP contribution in [0.1, 0.15) is 28.3 Å². The fraction of sp³-hybridized carbons (Fsp3) is 0.185. The Morgan fingerprint density at radius 2 is 1.65 bits per heavy atom. The van der Waals surface area contributed by atoms with E-state index in [4.69, 9.17) is 9.47 Å². The lowest BCUT2D eigenvalue weighted by Gasteiger charge is -2.27. The standard InChI is InChI=1S/C27H24FNO5/c1-16-8-4-6-10-19(16)24-23(25(30)20-14-18(28)12-13-22(20)34-3)26(31)27(32)29(24)15-17-9-5-7-11-21(17)33-2/h4-14,24,30H,15H2,1-3H3/b25-23+. The van der Waals surface area contributed by atoms with Crippen molar-refractivity contribution in [2.24, 2.45) is 0 Å². The van der Waals surface area contributed by atoms with Crippen LogP contribution < -0.4 is 9.47 Å². The SMILES string of the molecule is COc1ccccc1CN1C(=O)C(=O)/C(=C(/O)c2cc(F)ccc2OC)C1c1ccccc1C. The average Bonchev–Trinajstić information content (AvgIpc) is 3.09. The number of aliphatic hydroxyl groups is 1. The van der Waals surface area contributed by atoms with Crippen LogP contribution in [0.25, 0.3) is 5.76 Å². The van der Waals surface area contributed by atoms with Crippen LogP contribution in [-0.2, 0) is 16.1 Å². The van der Waals surface area contributed by atoms with Crippen molar-refractivity contribution in [3.8, 4) is 11.5 Å². The van der Waals surface area contributed by atoms with Gasteiger partial charge >= 0.3 is 0 Å². The van der Waals surface area contributed by atoms with Crippen molar-refractivity contribution in [2.45, 2.75) is 19.5 Å². The summed E-state index contributed by atoms with van der Waals surface area (Å²) in [6.45, 7) is 1.94. The van der Waals surface area contributed by atoms with Crippen LogP contribution in [0.5, 0.6) is 11.5 Å². The van der Waals surface area contributed by atoms with Crippen molar-refractivity contribution < 1.29 is 28.6 Å². The molecule has 3 aromatic rings. The number of carbonyl (C=O) groups excluding carboxylic acids is 2. The Morgan fingerprint density at radius 1 is 0.971 bits per heavy atom. The van der Waals surface area contributed by atoms with Crippen LogP contribution in [0.3, 0.4) is 0 Å². The fourth-order valence-corrected chi connectivity index (χ4v) is 4.29. The first kappa shape index (κ1) is 23.0. The van der Waals surface area contributed by atoms with Gasteiger partial charge in [-0.25, -0.2) is 4.39 Å². The third kappa shape index (κ3) is 4.01. The van der Waals surface area contributed by atoms with Gasteiger partial charge in [0.1, 0.15) is 23.1 Å². The van der Waals surface area contributed by atoms with Crippen molar-refractivity contribution in [2.75, 3.05) is 14.2 Å². The zero-order valence-corrected chi connectivity index (χ0v) is 19.0. The second-order valence-electron chi connectivity index (χ2n) is 7.94. The van der Waals surface area contributed by atoms with Crippen LogP contribution in [0, 0.1) is 12.7 Å². The molecule has 1 fully saturated rings. The van der Waals surface area contributed by atoms with E-state index < -0.39 is 29.3 Å². The van der Waals surface area contributed by atoms with E-state index in [9.17, 15) is 19.1 Å². The number of nitrogens with zero attached hydrogens (tertiary/aromatic N) is 1. The third-order valence-electron chi connectivity index (χ3n) is 5.97. The molecule has 6 nitrogen and oxygen atoms in total. The molecule has 0 radical (unpaired) electrons. The van der Waals surface area contributed by atoms with Gasteiger partial charge in [0.15, 0.2) is 0 Å². The van der Waals surface area contributed by atoms with E-state index in [1.165, 1.54) is 31.3 Å². The minimum atomic E-state index is -0.890. The highest BCUT2D eigenvalue weighted by Gasteiger charge is 2.47. The van der Waals surface area contributed by atoms with E-state index in [-0.39, 0.29) is 23.4 Å². The molecule has 0 bridgehead atoms. The van der Waals surface area contributed by atoms with Gasteiger partial charge < -0.3 is 19.5 Å². The molecule has 0 spiro atoms. The maximum Gasteiger partial charge on any atom is 0.295 e. The molecule has 1 saturated heterocycles. The van der Waals surface area contributed by atoms with Crippen LogP contribution in [0.15, 0.2) is 72.3 Å². The van der Waals surface area contributed by atoms with E-state index in [0.29, 0.717) is 16.9 Å². The van der Waals surface area contributed by atoms with Gasteiger partial charge in [0.05, 0.1) is 37.9 Å². The van der Waals surface area contributed by atoms with Gasteiger partial charge in [0, 0.05) is 5.56 Å². The number of hydrogen-bond acceptors (Lipinski definition) is 5. The molecule has 0 saturated carbocycles. The molecule has 1 aliphatic rings. The van der Waals surface area contributed by atoms with Crippen molar-refractivity contribution in [3.63, 3.8) is 0 Å². The number of ether oxygens (including phenoxy) is 2. The van der Waals surface area contributed by atoms with Gasteiger partial charge in [0.25, 0.3) is 11.7 Å². The number of hydrogen-bond donors (Lipinski definition) is 1. The molecule has 1 heterocycles. The second kappa shape index (κ2) is 9.39. The molecule has 1 unspecified atom stereocenters. The first-order valence-corrected chi connectivity index (χ1v) is 10.7. The van der Waals surface area contributed by atoms with Gasteiger partial charge in [-0.15, -0.1) is 0 Å². The Balaban J connectivity index is 1.94. The number of methoxy groups -OCH3 is 2. The molecular weight excluding hydrogens is 437 g/mol. The molecule has 1 aliphatic heterocycles. The topological polar surface area (TPSA) is 76.1 Å². The second-order valence-corrected chi connectivity index (χ2v) is 7.94. The van der Waals surface area contributed by atoms with E-state index in [2.05, 4.69) is 0 Å². The summed E-state index contributed by atoms with van der Waals surface area (Å²) < 4.78 is 24.8. The minimum Gasteiger partial charge on any atom is -0.507 e. The van der Waals surface area contributed by atoms with Crippen LogP contribution in [0.4, 0.5) is 4.39 Å². The predicted octanol–water partition coefficient (Wildman–Crippen LogP) is 4.77. The first-order chi connectivity index (χ1) is 16.4. The summed E-state index contributed by atoms with van der Waals surface area (Å²) in [6, 6.07) is 17.3. The zero-order valence-electron chi connectivity index (χ0n) is 19.0. The third-order valence-corrected chi connectivity index (χ3v) is 5.97. The largest absolute Gasteiger partial charge is 0.507 e. The van der Waals surface area contributed by atoms with Gasteiger partial charge in [-0.3, -0.25) is 9.59 Å². The molecule has 1 amide bonds. The number of para-hydroxylation sites is 1. The summed E-state index contributed by atoms with van der Waals surface area (Å²) in [5.41, 5.74) is 2.08. The summed E-state index contributed by atoms with van der Waals surface area (Å²) in [5, 5.41) is 11.3. The van der Waals surface area contributed by atoms with Gasteiger partial charge in [-0.1, -0.05) is 42.5 Å². The lowest BCUT2D eigenvalue weighted by Crippen LogP contribution is -2.29. The van der Waals surface area contributed by atoms with Crippen molar-refractivity contribution in [3.05, 3.63) is 100 Å². The summed E-state index contributed by atoms with van der Waals surface area (Å²) in [6.07, 6.45) is 0. The highest BCUT2D eigenvalue weighted by Crippen LogP contribution is 2.43. The number of ketones is 1. The number of amides is 1. The Morgan fingerprint density at radius 3 is 2.35 bits per heavy atom. The number of aliphatic hydroxyl groups excluding tert-OH is 1. The molecule has 34 heavy (non-hydrogen) atoms. The summed E-state index contributed by atoms with van der Waals surface area (Å²) in [5.74, 6) is -1.98. The normalized spacial score (nSPS) is 17.2. The van der Waals surface area contributed by atoms with Gasteiger partial charge in [-0.2, -0.15) is 0 Å². The van der Waals surface area contributed by atoms with Gasteiger partial charge in [-0.05, 0) is 42.3 Å². The maximum absolute atomic E-state index is 14.1. The monoisotopic (exact) mass is 461 g/mol. The molecule has 3 aromatic carbocycles. The van der Waals surface area contributed by atoms with E-state index in [1.54, 1.807) is 18.2 Å². The molecule has 0 aromatic heterocycles. The highest BCUT2D eigenvalue weighted by atomic mass is 19.1. The number of rotatable bonds is 6. The van der Waals surface area contributed by atoms with E-state index in [1.807, 2.05) is 37.3 Å². The molecule has 1 N–H and O–H groups in total. The zero-order chi connectivity index (χ0) is 24.4. The first-order valence-electron chi connectivity index (χ1n) is 10.7. The molecule has 1 atom stereocenters. The molecular formula is C27H24FNO5. The number of aryl methyl sites for hydroxylation is 1. The smallest absolute Gasteiger partial charge is 0.295 e. The Labute approximate surface area is 196 Å². The molecule has 0 aliphatic carbocycles. The number of Topliss-reactive ketones (excluding diaryl/α,β-unsaturated/α-hetero) is 1. The van der Waals surface area contributed by atoms with Crippen LogP contribution >= 0.6 is 0 Å². The summed E-state index contributed by atoms with van der Waals surface area (Å²) in [4.78, 5) is 27.9. The quantitative estimate of drug-likeness (QED) is 0.325. The summed E-state index contributed by atoms with van der Waals surface area (Å²) in [7, 11) is 2.91. The van der Waals surface area contributed by atoms with Crippen LogP contribution in [0.2, 0.25) is 0 Å². The minimum absolute atomic E-state index is 0.00336. The highest BCUT2D eigenvalue weighted by molar-refractivity contribution is 6.46. The molecule has 174 valence electrons. The fourth-order valence-electron chi connectivity index (χ4n) is 4.29. The Hall–Kier alpha value is -4.13. The lowest BCUT2D eigenvalue weighted by atomic mass is 9.92. The summed E-state index contributed by atoms with van der Waals surface area (Å²) >= 11 is 0. The van der Waals surface area contributed by atoms with Crippen molar-refractivity contribution in [1.29, 1.82) is 0 Å². The number of carbonyl (C=O) groups is 2. The maximum atomic E-state index is 14.1. The van der Waals surface area contributed by atoms with E-state index in [0.717, 1.165) is 11.6 Å². The van der Waals surface area contributed by atoms with Crippen molar-refractivity contribution >= 4 is 17.4 Å². The average molecular weight is 461 g/mol. The molecule has 7 heteroatoms. The number of halogens is 1. The van der Waals surface area contributed by atoms with Gasteiger partial charge in [0.2, 0.25) is 0 Å². The predicted molar refractivity (Wildman–Crippen MR) is 125 cm³/mol.